The Balaban J connectivity index is 1.68. The average molecular weight is 464 g/mol. The van der Waals surface area contributed by atoms with Gasteiger partial charge in [0.2, 0.25) is 0 Å². The fourth-order valence-corrected chi connectivity index (χ4v) is 6.10. The van der Waals surface area contributed by atoms with Gasteiger partial charge in [0, 0.05) is 25.7 Å². The molecule has 6 nitrogen and oxygen atoms in total. The van der Waals surface area contributed by atoms with Crippen molar-refractivity contribution in [2.24, 2.45) is 0 Å². The van der Waals surface area contributed by atoms with Crippen LogP contribution in [0.2, 0.25) is 0 Å². The van der Waals surface area contributed by atoms with Crippen LogP contribution in [0.15, 0.2) is 59.5 Å². The average Bonchev–Trinajstić information content (AvgIpc) is 2.74. The molecule has 33 heavy (non-hydrogen) atoms. The summed E-state index contributed by atoms with van der Waals surface area (Å²) in [5.41, 5.74) is 5.84. The number of likely N-dealkylation sites (N-methyl/N-ethyl adjacent to an activating group) is 1. The zero-order valence-corrected chi connectivity index (χ0v) is 20.5. The van der Waals surface area contributed by atoms with Crippen LogP contribution in [0.5, 0.6) is 0 Å². The van der Waals surface area contributed by atoms with Crippen LogP contribution in [0.4, 0.5) is 17.1 Å². The van der Waals surface area contributed by atoms with Gasteiger partial charge in [-0.15, -0.1) is 0 Å². The third-order valence-corrected chi connectivity index (χ3v) is 7.76. The van der Waals surface area contributed by atoms with Crippen molar-refractivity contribution < 1.29 is 13.2 Å². The van der Waals surface area contributed by atoms with Gasteiger partial charge in [-0.3, -0.25) is 9.52 Å². The molecule has 1 amide bonds. The van der Waals surface area contributed by atoms with Crippen LogP contribution in [0.3, 0.4) is 0 Å². The number of hydrogen-bond acceptors (Lipinski definition) is 4. The minimum absolute atomic E-state index is 0.154. The van der Waals surface area contributed by atoms with Gasteiger partial charge in [-0.2, -0.15) is 0 Å². The number of para-hydroxylation sites is 2. The Bertz CT molecular complexity index is 1330. The summed E-state index contributed by atoms with van der Waals surface area (Å²) in [6.07, 6.45) is 0. The molecule has 0 aromatic heterocycles. The summed E-state index contributed by atoms with van der Waals surface area (Å²) >= 11 is 0. The predicted octanol–water partition coefficient (Wildman–Crippen LogP) is 4.82. The fourth-order valence-electron chi connectivity index (χ4n) is 4.52. The topological polar surface area (TPSA) is 69.7 Å². The molecule has 3 aromatic carbocycles. The van der Waals surface area contributed by atoms with E-state index in [1.54, 1.807) is 36.9 Å². The van der Waals surface area contributed by atoms with Crippen molar-refractivity contribution in [3.8, 4) is 0 Å². The number of carbonyl (C=O) groups is 1. The number of nitrogens with one attached hydrogen (secondary N) is 1. The Morgan fingerprint density at radius 3 is 2.15 bits per heavy atom. The lowest BCUT2D eigenvalue weighted by atomic mass is 10.1. The molecule has 0 fully saturated rings. The van der Waals surface area contributed by atoms with Gasteiger partial charge in [0.25, 0.3) is 15.9 Å². The molecule has 0 aliphatic carbocycles. The summed E-state index contributed by atoms with van der Waals surface area (Å²) in [5.74, 6) is -0.154. The van der Waals surface area contributed by atoms with Crippen molar-refractivity contribution >= 4 is 33.0 Å². The second-order valence-corrected chi connectivity index (χ2v) is 10.3. The highest BCUT2D eigenvalue weighted by atomic mass is 32.2. The van der Waals surface area contributed by atoms with E-state index in [2.05, 4.69) is 9.62 Å². The van der Waals surface area contributed by atoms with Gasteiger partial charge in [0.1, 0.15) is 0 Å². The number of fused-ring (bicyclic) bond motifs is 1. The molecule has 0 unspecified atom stereocenters. The van der Waals surface area contributed by atoms with Crippen LogP contribution in [0, 0.1) is 27.7 Å². The predicted molar refractivity (Wildman–Crippen MR) is 134 cm³/mol. The fraction of sp³-hybridized carbons (Fsp3) is 0.269. The molecule has 1 N–H and O–H groups in total. The minimum atomic E-state index is -3.82. The molecular formula is C26H29N3O3S. The van der Waals surface area contributed by atoms with E-state index in [0.717, 1.165) is 29.0 Å². The molecule has 0 saturated heterocycles. The smallest absolute Gasteiger partial charge is 0.262 e. The summed E-state index contributed by atoms with van der Waals surface area (Å²) in [4.78, 5) is 17.6. The monoisotopic (exact) mass is 463 g/mol. The van der Waals surface area contributed by atoms with Crippen LogP contribution < -0.4 is 14.5 Å². The van der Waals surface area contributed by atoms with Gasteiger partial charge in [0.15, 0.2) is 0 Å². The SMILES string of the molecule is Cc1cc(C)c(S(=O)(=O)Nc2cc(C(=O)N3CCN(C)c4ccccc43)ccc2C)c(C)c1. The van der Waals surface area contributed by atoms with Gasteiger partial charge >= 0.3 is 0 Å². The van der Waals surface area contributed by atoms with Crippen LogP contribution in [-0.4, -0.2) is 34.5 Å². The lowest BCUT2D eigenvalue weighted by Gasteiger charge is -2.35. The summed E-state index contributed by atoms with van der Waals surface area (Å²) in [7, 11) is -1.81. The van der Waals surface area contributed by atoms with Gasteiger partial charge in [-0.25, -0.2) is 8.42 Å². The van der Waals surface area contributed by atoms with Crippen LogP contribution in [0.1, 0.15) is 32.6 Å². The van der Waals surface area contributed by atoms with Gasteiger partial charge in [-0.05, 0) is 68.7 Å². The molecule has 0 radical (unpaired) electrons. The Labute approximate surface area is 195 Å². The maximum atomic E-state index is 13.4. The molecule has 3 aromatic rings. The first-order chi connectivity index (χ1) is 15.6. The van der Waals surface area contributed by atoms with Crippen molar-refractivity contribution in [3.05, 3.63) is 82.4 Å². The number of aryl methyl sites for hydroxylation is 4. The van der Waals surface area contributed by atoms with Crippen molar-refractivity contribution in [2.75, 3.05) is 34.7 Å². The zero-order chi connectivity index (χ0) is 23.9. The summed E-state index contributed by atoms with van der Waals surface area (Å²) in [6, 6.07) is 16.7. The molecular weight excluding hydrogens is 434 g/mol. The van der Waals surface area contributed by atoms with Crippen LogP contribution in [0.25, 0.3) is 0 Å². The first kappa shape index (κ1) is 22.9. The number of nitrogens with zero attached hydrogens (tertiary/aromatic N) is 2. The van der Waals surface area contributed by atoms with E-state index in [0.29, 0.717) is 28.9 Å². The number of rotatable bonds is 4. The highest BCUT2D eigenvalue weighted by Crippen LogP contribution is 2.33. The van der Waals surface area contributed by atoms with Crippen LogP contribution >= 0.6 is 0 Å². The van der Waals surface area contributed by atoms with E-state index in [1.807, 2.05) is 57.3 Å². The van der Waals surface area contributed by atoms with Crippen molar-refractivity contribution in [1.29, 1.82) is 0 Å². The highest BCUT2D eigenvalue weighted by molar-refractivity contribution is 7.92. The summed E-state index contributed by atoms with van der Waals surface area (Å²) in [5, 5.41) is 0. The number of benzene rings is 3. The maximum absolute atomic E-state index is 13.4. The standard InChI is InChI=1S/C26H29N3O3S/c1-17-14-19(3)25(20(4)15-17)33(31,32)27-22-16-21(11-10-18(22)2)26(30)29-13-12-28(5)23-8-6-7-9-24(23)29/h6-11,14-16,27H,12-13H2,1-5H3. The van der Waals surface area contributed by atoms with Crippen molar-refractivity contribution in [1.82, 2.24) is 0 Å². The Morgan fingerprint density at radius 1 is 0.848 bits per heavy atom. The number of sulfonamides is 1. The van der Waals surface area contributed by atoms with E-state index in [-0.39, 0.29) is 10.8 Å². The van der Waals surface area contributed by atoms with Crippen molar-refractivity contribution in [3.63, 3.8) is 0 Å². The van der Waals surface area contributed by atoms with E-state index in [1.165, 1.54) is 0 Å². The molecule has 0 spiro atoms. The number of amides is 1. The summed E-state index contributed by atoms with van der Waals surface area (Å²) in [6.45, 7) is 8.65. The number of hydrogen-bond donors (Lipinski definition) is 1. The second-order valence-electron chi connectivity index (χ2n) is 8.73. The molecule has 1 heterocycles. The van der Waals surface area contributed by atoms with Gasteiger partial charge in [-0.1, -0.05) is 35.9 Å². The first-order valence-corrected chi connectivity index (χ1v) is 12.4. The number of carbonyl (C=O) groups excluding carboxylic acids is 1. The first-order valence-electron chi connectivity index (χ1n) is 10.9. The largest absolute Gasteiger partial charge is 0.371 e. The minimum Gasteiger partial charge on any atom is -0.371 e. The highest BCUT2D eigenvalue weighted by Gasteiger charge is 2.27. The molecule has 0 saturated carbocycles. The summed E-state index contributed by atoms with van der Waals surface area (Å²) < 4.78 is 29.3. The lowest BCUT2D eigenvalue weighted by Crippen LogP contribution is -2.42. The lowest BCUT2D eigenvalue weighted by molar-refractivity contribution is 0.0986. The molecule has 0 bridgehead atoms. The van der Waals surface area contributed by atoms with E-state index in [4.69, 9.17) is 0 Å². The van der Waals surface area contributed by atoms with E-state index < -0.39 is 10.0 Å². The van der Waals surface area contributed by atoms with Crippen molar-refractivity contribution in [2.45, 2.75) is 32.6 Å². The molecule has 1 aliphatic heterocycles. The van der Waals surface area contributed by atoms with E-state index in [9.17, 15) is 13.2 Å². The molecule has 172 valence electrons. The Kier molecular flexibility index (Phi) is 5.93. The number of anilines is 3. The van der Waals surface area contributed by atoms with Gasteiger partial charge < -0.3 is 9.80 Å². The molecule has 0 atom stereocenters. The Morgan fingerprint density at radius 2 is 1.48 bits per heavy atom. The van der Waals surface area contributed by atoms with Gasteiger partial charge in [0.05, 0.1) is 22.0 Å². The molecule has 7 heteroatoms. The van der Waals surface area contributed by atoms with Crippen LogP contribution in [-0.2, 0) is 10.0 Å². The third-order valence-electron chi connectivity index (χ3n) is 6.09. The molecule has 4 rings (SSSR count). The zero-order valence-electron chi connectivity index (χ0n) is 19.6. The van der Waals surface area contributed by atoms with E-state index >= 15 is 0 Å². The third kappa shape index (κ3) is 4.33. The second kappa shape index (κ2) is 8.56. The quantitative estimate of drug-likeness (QED) is 0.602. The molecule has 1 aliphatic rings. The Hall–Kier alpha value is -3.32. The normalized spacial score (nSPS) is 13.6. The maximum Gasteiger partial charge on any atom is 0.262 e.